The third-order valence-corrected chi connectivity index (χ3v) is 7.37. The second-order valence-corrected chi connectivity index (χ2v) is 10.1. The van der Waals surface area contributed by atoms with E-state index in [1.807, 2.05) is 27.7 Å². The molecule has 1 aliphatic rings. The molecule has 0 aromatic heterocycles. The van der Waals surface area contributed by atoms with Crippen LogP contribution in [0.15, 0.2) is 53.4 Å². The van der Waals surface area contributed by atoms with Crippen LogP contribution in [0.2, 0.25) is 0 Å². The molecule has 2 amide bonds. The van der Waals surface area contributed by atoms with E-state index in [0.29, 0.717) is 24.3 Å². The minimum Gasteiger partial charge on any atom is -0.373 e. The molecule has 2 aromatic carbocycles. The number of rotatable bonds is 7. The van der Waals surface area contributed by atoms with E-state index in [4.69, 9.17) is 4.74 Å². The van der Waals surface area contributed by atoms with Gasteiger partial charge in [-0.15, -0.1) is 0 Å². The van der Waals surface area contributed by atoms with Crippen molar-refractivity contribution in [2.75, 3.05) is 31.5 Å². The van der Waals surface area contributed by atoms with Crippen molar-refractivity contribution in [3.05, 3.63) is 59.7 Å². The largest absolute Gasteiger partial charge is 0.373 e. The maximum absolute atomic E-state index is 13.1. The van der Waals surface area contributed by atoms with E-state index in [-0.39, 0.29) is 41.7 Å². The molecule has 1 saturated heterocycles. The molecule has 9 heteroatoms. The maximum Gasteiger partial charge on any atom is 0.255 e. The molecule has 0 saturated carbocycles. The van der Waals surface area contributed by atoms with Gasteiger partial charge in [0.25, 0.3) is 11.8 Å². The van der Waals surface area contributed by atoms with E-state index < -0.39 is 15.9 Å². The van der Waals surface area contributed by atoms with Crippen LogP contribution in [0, 0.1) is 0 Å². The lowest BCUT2D eigenvalue weighted by atomic mass is 10.1. The van der Waals surface area contributed by atoms with Crippen LogP contribution in [0.3, 0.4) is 0 Å². The zero-order valence-corrected chi connectivity index (χ0v) is 20.3. The van der Waals surface area contributed by atoms with Gasteiger partial charge in [0.15, 0.2) is 0 Å². The number of hydrogen-bond acceptors (Lipinski definition) is 5. The zero-order chi connectivity index (χ0) is 24.2. The number of anilines is 1. The molecule has 2 unspecified atom stereocenters. The number of sulfonamides is 1. The molecule has 0 bridgehead atoms. The molecule has 1 aliphatic heterocycles. The number of amides is 2. The van der Waals surface area contributed by atoms with Gasteiger partial charge in [-0.1, -0.05) is 12.1 Å². The molecule has 0 spiro atoms. The van der Waals surface area contributed by atoms with E-state index in [1.165, 1.54) is 16.4 Å². The van der Waals surface area contributed by atoms with E-state index >= 15 is 0 Å². The predicted molar refractivity (Wildman–Crippen MR) is 127 cm³/mol. The fraction of sp³-hybridized carbons (Fsp3) is 0.417. The standard InChI is InChI=1S/C24H31N3O5S/c1-5-26(6-2)24(29)20-10-7-11-21(13-20)25-23(28)19-9-8-12-22(14-19)33(30,31)27-15-17(3)32-18(4)16-27/h7-14,17-18H,5-6,15-16H2,1-4H3,(H,25,28). The smallest absolute Gasteiger partial charge is 0.255 e. The Labute approximate surface area is 195 Å². The molecule has 2 atom stereocenters. The molecule has 0 aliphatic carbocycles. The molecule has 3 rings (SSSR count). The normalized spacial score (nSPS) is 19.2. The first-order valence-corrected chi connectivity index (χ1v) is 12.6. The molecule has 1 fully saturated rings. The van der Waals surface area contributed by atoms with Gasteiger partial charge in [0.1, 0.15) is 0 Å². The molecule has 1 N–H and O–H groups in total. The van der Waals surface area contributed by atoms with Crippen molar-refractivity contribution in [2.24, 2.45) is 0 Å². The molecule has 0 radical (unpaired) electrons. The molecular weight excluding hydrogens is 442 g/mol. The summed E-state index contributed by atoms with van der Waals surface area (Å²) in [5, 5.41) is 2.76. The van der Waals surface area contributed by atoms with Crippen LogP contribution >= 0.6 is 0 Å². The lowest BCUT2D eigenvalue weighted by Crippen LogP contribution is -2.48. The van der Waals surface area contributed by atoms with Gasteiger partial charge in [-0.3, -0.25) is 9.59 Å². The van der Waals surface area contributed by atoms with E-state index in [1.54, 1.807) is 41.3 Å². The van der Waals surface area contributed by atoms with Crippen LogP contribution in [-0.2, 0) is 14.8 Å². The summed E-state index contributed by atoms with van der Waals surface area (Å²) < 4.78 is 33.3. The van der Waals surface area contributed by atoms with Crippen molar-refractivity contribution in [1.29, 1.82) is 0 Å². The first-order chi connectivity index (χ1) is 15.6. The van der Waals surface area contributed by atoms with Crippen molar-refractivity contribution in [2.45, 2.75) is 44.8 Å². The topological polar surface area (TPSA) is 96.0 Å². The molecule has 178 valence electrons. The molecule has 1 heterocycles. The SMILES string of the molecule is CCN(CC)C(=O)c1cccc(NC(=O)c2cccc(S(=O)(=O)N3CC(C)OC(C)C3)c2)c1. The summed E-state index contributed by atoms with van der Waals surface area (Å²) in [7, 11) is -3.77. The summed E-state index contributed by atoms with van der Waals surface area (Å²) in [6.45, 7) is 9.19. The monoisotopic (exact) mass is 473 g/mol. The van der Waals surface area contributed by atoms with Crippen molar-refractivity contribution >= 4 is 27.5 Å². The molecule has 8 nitrogen and oxygen atoms in total. The Morgan fingerprint density at radius 3 is 2.24 bits per heavy atom. The van der Waals surface area contributed by atoms with Crippen molar-refractivity contribution in [1.82, 2.24) is 9.21 Å². The van der Waals surface area contributed by atoms with Crippen LogP contribution in [0.5, 0.6) is 0 Å². The van der Waals surface area contributed by atoms with Crippen LogP contribution in [0.4, 0.5) is 5.69 Å². The van der Waals surface area contributed by atoms with Gasteiger partial charge < -0.3 is 15.0 Å². The third kappa shape index (κ3) is 5.79. The van der Waals surface area contributed by atoms with Crippen molar-refractivity contribution < 1.29 is 22.7 Å². The lowest BCUT2D eigenvalue weighted by molar-refractivity contribution is -0.0440. The van der Waals surface area contributed by atoms with Gasteiger partial charge >= 0.3 is 0 Å². The average molecular weight is 474 g/mol. The maximum atomic E-state index is 13.1. The summed E-state index contributed by atoms with van der Waals surface area (Å²) >= 11 is 0. The second-order valence-electron chi connectivity index (χ2n) is 8.12. The highest BCUT2D eigenvalue weighted by molar-refractivity contribution is 7.89. The van der Waals surface area contributed by atoms with Crippen LogP contribution < -0.4 is 5.32 Å². The number of nitrogens with zero attached hydrogens (tertiary/aromatic N) is 2. The Hall–Kier alpha value is -2.75. The fourth-order valence-corrected chi connectivity index (χ4v) is 5.54. The lowest BCUT2D eigenvalue weighted by Gasteiger charge is -2.34. The number of carbonyl (C=O) groups is 2. The number of carbonyl (C=O) groups excluding carboxylic acids is 2. The predicted octanol–water partition coefficient (Wildman–Crippen LogP) is 3.22. The van der Waals surface area contributed by atoms with Crippen molar-refractivity contribution in [3.63, 3.8) is 0 Å². The van der Waals surface area contributed by atoms with Crippen LogP contribution in [-0.4, -0.2) is 67.8 Å². The minimum absolute atomic E-state index is 0.0573. The summed E-state index contributed by atoms with van der Waals surface area (Å²) in [4.78, 5) is 27.2. The third-order valence-electron chi connectivity index (χ3n) is 5.54. The zero-order valence-electron chi connectivity index (χ0n) is 19.4. The van der Waals surface area contributed by atoms with E-state index in [9.17, 15) is 18.0 Å². The average Bonchev–Trinajstić information content (AvgIpc) is 2.79. The van der Waals surface area contributed by atoms with Gasteiger partial charge in [0.2, 0.25) is 10.0 Å². The van der Waals surface area contributed by atoms with Crippen LogP contribution in [0.25, 0.3) is 0 Å². The highest BCUT2D eigenvalue weighted by Gasteiger charge is 2.32. The summed E-state index contributed by atoms with van der Waals surface area (Å²) in [6, 6.07) is 12.7. The molecule has 2 aromatic rings. The Morgan fingerprint density at radius 2 is 1.61 bits per heavy atom. The quantitative estimate of drug-likeness (QED) is 0.666. The van der Waals surface area contributed by atoms with Crippen LogP contribution in [0.1, 0.15) is 48.4 Å². The Bertz CT molecular complexity index is 1100. The second kappa shape index (κ2) is 10.5. The Balaban J connectivity index is 1.79. The number of ether oxygens (including phenoxy) is 1. The Kier molecular flexibility index (Phi) is 7.88. The number of nitrogens with one attached hydrogen (secondary N) is 1. The fourth-order valence-electron chi connectivity index (χ4n) is 3.90. The summed E-state index contributed by atoms with van der Waals surface area (Å²) in [5.41, 5.74) is 1.15. The van der Waals surface area contributed by atoms with Gasteiger partial charge in [-0.2, -0.15) is 4.31 Å². The number of hydrogen-bond donors (Lipinski definition) is 1. The summed E-state index contributed by atoms with van der Waals surface area (Å²) in [6.07, 6.45) is -0.414. The minimum atomic E-state index is -3.77. The number of benzene rings is 2. The highest BCUT2D eigenvalue weighted by Crippen LogP contribution is 2.22. The molecule has 33 heavy (non-hydrogen) atoms. The van der Waals surface area contributed by atoms with Gasteiger partial charge in [-0.05, 0) is 64.1 Å². The highest BCUT2D eigenvalue weighted by atomic mass is 32.2. The van der Waals surface area contributed by atoms with E-state index in [2.05, 4.69) is 5.32 Å². The van der Waals surface area contributed by atoms with Gasteiger partial charge in [0, 0.05) is 43.0 Å². The van der Waals surface area contributed by atoms with Gasteiger partial charge in [0.05, 0.1) is 17.1 Å². The molecular formula is C24H31N3O5S. The Morgan fingerprint density at radius 1 is 1.00 bits per heavy atom. The van der Waals surface area contributed by atoms with Gasteiger partial charge in [-0.25, -0.2) is 8.42 Å². The number of morpholine rings is 1. The first kappa shape index (κ1) is 24.9. The first-order valence-electron chi connectivity index (χ1n) is 11.1. The van der Waals surface area contributed by atoms with Crippen molar-refractivity contribution in [3.8, 4) is 0 Å². The van der Waals surface area contributed by atoms with E-state index in [0.717, 1.165) is 0 Å². The summed E-state index contributed by atoms with van der Waals surface area (Å²) in [5.74, 6) is -0.568.